The van der Waals surface area contributed by atoms with Crippen molar-refractivity contribution in [3.63, 3.8) is 0 Å². The van der Waals surface area contributed by atoms with Crippen LogP contribution in [0.25, 0.3) is 11.2 Å². The number of nitrogens with one attached hydrogen (secondary N) is 3. The van der Waals surface area contributed by atoms with Crippen molar-refractivity contribution in [1.29, 1.82) is 0 Å². The second kappa shape index (κ2) is 8.50. The van der Waals surface area contributed by atoms with E-state index in [1.807, 2.05) is 0 Å². The van der Waals surface area contributed by atoms with E-state index >= 15 is 0 Å². The average molecular weight is 446 g/mol. The normalized spacial score (nSPS) is 15.0. The fraction of sp³-hybridized carbons (Fsp3) is 0.130. The Bertz CT molecular complexity index is 1410. The molecule has 10 nitrogen and oxygen atoms in total. The number of rotatable bonds is 5. The lowest BCUT2D eigenvalue weighted by Crippen LogP contribution is -2.20. The van der Waals surface area contributed by atoms with Crippen LogP contribution in [0.1, 0.15) is 16.8 Å². The lowest BCUT2D eigenvalue weighted by Gasteiger charge is -2.15. The average Bonchev–Trinajstić information content (AvgIpc) is 3.07. The number of pyridine rings is 1. The summed E-state index contributed by atoms with van der Waals surface area (Å²) in [7, 11) is 0. The molecule has 0 fully saturated rings. The molecule has 1 amide bonds. The van der Waals surface area contributed by atoms with Gasteiger partial charge in [-0.3, -0.25) is 14.6 Å². The van der Waals surface area contributed by atoms with E-state index in [2.05, 4.69) is 20.3 Å². The van der Waals surface area contributed by atoms with Crippen molar-refractivity contribution < 1.29 is 23.8 Å². The van der Waals surface area contributed by atoms with E-state index in [9.17, 15) is 14.4 Å². The zero-order valence-corrected chi connectivity index (χ0v) is 17.2. The molecule has 2 aromatic carbocycles. The molecule has 10 heteroatoms. The Balaban J connectivity index is 1.39. The number of para-hydroxylation sites is 1. The zero-order chi connectivity index (χ0) is 22.8. The summed E-state index contributed by atoms with van der Waals surface area (Å²) in [5.41, 5.74) is 1.14. The number of carbonyl (C=O) groups is 2. The number of aromatic amines is 2. The molecule has 1 aliphatic heterocycles. The Morgan fingerprint density at radius 2 is 2.06 bits per heavy atom. The maximum absolute atomic E-state index is 13.0. The highest BCUT2D eigenvalue weighted by molar-refractivity contribution is 6.06. The predicted octanol–water partition coefficient (Wildman–Crippen LogP) is 3.02. The number of benzene rings is 2. The van der Waals surface area contributed by atoms with Gasteiger partial charge < -0.3 is 24.5 Å². The Morgan fingerprint density at radius 1 is 1.18 bits per heavy atom. The molecule has 0 saturated heterocycles. The van der Waals surface area contributed by atoms with Gasteiger partial charge in [-0.1, -0.05) is 12.1 Å². The van der Waals surface area contributed by atoms with Gasteiger partial charge in [0.25, 0.3) is 5.91 Å². The Kier molecular flexibility index (Phi) is 5.23. The number of nitrogens with zero attached hydrogens (tertiary/aromatic N) is 1. The first-order chi connectivity index (χ1) is 16.1. The van der Waals surface area contributed by atoms with Crippen LogP contribution in [0.15, 0.2) is 59.5 Å². The zero-order valence-electron chi connectivity index (χ0n) is 17.2. The standard InChI is InChI=1S/C23H18N4O6/c28-12-15-8-10-31-18-6-2-5-16(20(18)33-15)22(29)25-13-3-1-4-14(11-13)32-17-7-9-24-21-19(17)26-23(30)27-21/h1-7,9,11-12,15H,8,10H2,(H,25,29)(H2,24,26,27,30). The van der Waals surface area contributed by atoms with Crippen LogP contribution in [0.4, 0.5) is 5.69 Å². The summed E-state index contributed by atoms with van der Waals surface area (Å²) in [5.74, 6) is 1.05. The minimum Gasteiger partial charge on any atom is -0.490 e. The lowest BCUT2D eigenvalue weighted by molar-refractivity contribution is -0.113. The molecular formula is C23H18N4O6. The van der Waals surface area contributed by atoms with E-state index in [1.165, 1.54) is 6.20 Å². The summed E-state index contributed by atoms with van der Waals surface area (Å²) < 4.78 is 17.3. The molecule has 4 aromatic rings. The SMILES string of the molecule is O=CC1CCOc2cccc(C(=O)Nc3cccc(Oc4ccnc5[nH]c(=O)[nH]c45)c3)c2O1. The lowest BCUT2D eigenvalue weighted by atomic mass is 10.1. The van der Waals surface area contributed by atoms with Gasteiger partial charge in [0.1, 0.15) is 11.3 Å². The summed E-state index contributed by atoms with van der Waals surface area (Å²) in [4.78, 5) is 45.1. The molecular weight excluding hydrogens is 428 g/mol. The number of H-pyrrole nitrogens is 2. The van der Waals surface area contributed by atoms with Crippen LogP contribution in [0.2, 0.25) is 0 Å². The smallest absolute Gasteiger partial charge is 0.325 e. The first-order valence-corrected chi connectivity index (χ1v) is 10.1. The number of carbonyl (C=O) groups excluding carboxylic acids is 2. The van der Waals surface area contributed by atoms with E-state index in [-0.39, 0.29) is 17.0 Å². The third kappa shape index (κ3) is 4.13. The van der Waals surface area contributed by atoms with E-state index in [0.29, 0.717) is 53.4 Å². The molecule has 1 aliphatic rings. The van der Waals surface area contributed by atoms with Gasteiger partial charge in [0.15, 0.2) is 35.3 Å². The van der Waals surface area contributed by atoms with Crippen LogP contribution in [0.3, 0.4) is 0 Å². The van der Waals surface area contributed by atoms with Crippen LogP contribution < -0.4 is 25.2 Å². The molecule has 3 N–H and O–H groups in total. The van der Waals surface area contributed by atoms with Gasteiger partial charge in [-0.25, -0.2) is 9.78 Å². The van der Waals surface area contributed by atoms with Crippen molar-refractivity contribution in [2.45, 2.75) is 12.5 Å². The van der Waals surface area contributed by atoms with Crippen molar-refractivity contribution in [3.8, 4) is 23.0 Å². The number of ether oxygens (including phenoxy) is 3. The number of aromatic nitrogens is 3. The minimum atomic E-state index is -0.686. The van der Waals surface area contributed by atoms with Crippen LogP contribution in [-0.4, -0.2) is 39.9 Å². The first kappa shape index (κ1) is 20.3. The quantitative estimate of drug-likeness (QED) is 0.401. The minimum absolute atomic E-state index is 0.229. The molecule has 5 rings (SSSR count). The molecule has 0 aliphatic carbocycles. The number of amides is 1. The van der Waals surface area contributed by atoms with Crippen molar-refractivity contribution >= 4 is 29.0 Å². The van der Waals surface area contributed by atoms with Gasteiger partial charge in [-0.15, -0.1) is 0 Å². The number of fused-ring (bicyclic) bond motifs is 2. The molecule has 166 valence electrons. The molecule has 0 spiro atoms. The largest absolute Gasteiger partial charge is 0.490 e. The van der Waals surface area contributed by atoms with E-state index in [0.717, 1.165) is 0 Å². The summed E-state index contributed by atoms with van der Waals surface area (Å²) in [6.07, 6.45) is 1.92. The van der Waals surface area contributed by atoms with Crippen molar-refractivity contribution in [1.82, 2.24) is 15.0 Å². The molecule has 1 unspecified atom stereocenters. The molecule has 0 saturated carbocycles. The van der Waals surface area contributed by atoms with Gasteiger partial charge in [0.2, 0.25) is 0 Å². The Labute approximate surface area is 186 Å². The second-order valence-electron chi connectivity index (χ2n) is 7.26. The van der Waals surface area contributed by atoms with Crippen molar-refractivity contribution in [2.24, 2.45) is 0 Å². The summed E-state index contributed by atoms with van der Waals surface area (Å²) in [5, 5.41) is 2.81. The van der Waals surface area contributed by atoms with Gasteiger partial charge >= 0.3 is 5.69 Å². The number of anilines is 1. The third-order valence-corrected chi connectivity index (χ3v) is 5.01. The highest BCUT2D eigenvalue weighted by atomic mass is 16.5. The molecule has 33 heavy (non-hydrogen) atoms. The highest BCUT2D eigenvalue weighted by Gasteiger charge is 2.24. The fourth-order valence-corrected chi connectivity index (χ4v) is 3.48. The first-order valence-electron chi connectivity index (χ1n) is 10.1. The van der Waals surface area contributed by atoms with Gasteiger partial charge in [0, 0.05) is 30.4 Å². The maximum Gasteiger partial charge on any atom is 0.325 e. The Morgan fingerprint density at radius 3 is 2.94 bits per heavy atom. The predicted molar refractivity (Wildman–Crippen MR) is 118 cm³/mol. The summed E-state index contributed by atoms with van der Waals surface area (Å²) in [6.45, 7) is 0.315. The van der Waals surface area contributed by atoms with Gasteiger partial charge in [-0.2, -0.15) is 0 Å². The van der Waals surface area contributed by atoms with Gasteiger partial charge in [0.05, 0.1) is 12.2 Å². The van der Waals surface area contributed by atoms with Crippen LogP contribution >= 0.6 is 0 Å². The Hall–Kier alpha value is -4.60. The van der Waals surface area contributed by atoms with Crippen LogP contribution in [0, 0.1) is 0 Å². The summed E-state index contributed by atoms with van der Waals surface area (Å²) >= 11 is 0. The molecule has 0 bridgehead atoms. The fourth-order valence-electron chi connectivity index (χ4n) is 3.48. The van der Waals surface area contributed by atoms with Gasteiger partial charge in [-0.05, 0) is 24.3 Å². The molecule has 0 radical (unpaired) electrons. The highest BCUT2D eigenvalue weighted by Crippen LogP contribution is 2.35. The van der Waals surface area contributed by atoms with E-state index in [1.54, 1.807) is 48.5 Å². The van der Waals surface area contributed by atoms with Crippen molar-refractivity contribution in [3.05, 3.63) is 70.8 Å². The second-order valence-corrected chi connectivity index (χ2v) is 7.26. The third-order valence-electron chi connectivity index (χ3n) is 5.01. The molecule has 2 aromatic heterocycles. The monoisotopic (exact) mass is 446 g/mol. The number of hydrogen-bond acceptors (Lipinski definition) is 7. The van der Waals surface area contributed by atoms with E-state index < -0.39 is 12.0 Å². The number of aldehydes is 1. The summed E-state index contributed by atoms with van der Waals surface area (Å²) in [6, 6.07) is 13.4. The van der Waals surface area contributed by atoms with Crippen LogP contribution in [0.5, 0.6) is 23.0 Å². The topological polar surface area (TPSA) is 135 Å². The molecule has 3 heterocycles. The van der Waals surface area contributed by atoms with E-state index in [4.69, 9.17) is 14.2 Å². The number of imidazole rings is 1. The number of hydrogen-bond donors (Lipinski definition) is 3. The van der Waals surface area contributed by atoms with Crippen LogP contribution in [-0.2, 0) is 4.79 Å². The maximum atomic E-state index is 13.0. The molecule has 1 atom stereocenters. The van der Waals surface area contributed by atoms with Crippen molar-refractivity contribution in [2.75, 3.05) is 11.9 Å².